The molecule has 0 saturated carbocycles. The highest BCUT2D eigenvalue weighted by Crippen LogP contribution is 2.17. The molecule has 0 aromatic heterocycles. The Bertz CT molecular complexity index is 604. The highest BCUT2D eigenvalue weighted by molar-refractivity contribution is 7.89. The fraction of sp³-hybridized carbons (Fsp3) is 0.357. The molecule has 1 aromatic carbocycles. The Balaban J connectivity index is 2.01. The van der Waals surface area contributed by atoms with Gasteiger partial charge in [-0.15, -0.1) is 6.58 Å². The van der Waals surface area contributed by atoms with Crippen LogP contribution in [-0.4, -0.2) is 33.6 Å². The van der Waals surface area contributed by atoms with Crippen LogP contribution < -0.4 is 10.0 Å². The van der Waals surface area contributed by atoms with Crippen molar-refractivity contribution in [3.63, 3.8) is 0 Å². The van der Waals surface area contributed by atoms with Crippen molar-refractivity contribution >= 4 is 21.6 Å². The van der Waals surface area contributed by atoms with E-state index in [0.717, 1.165) is 6.42 Å². The van der Waals surface area contributed by atoms with Gasteiger partial charge in [0.15, 0.2) is 0 Å². The summed E-state index contributed by atoms with van der Waals surface area (Å²) in [6.45, 7) is 4.22. The Morgan fingerprint density at radius 3 is 2.67 bits per heavy atom. The van der Waals surface area contributed by atoms with Crippen LogP contribution in [0.5, 0.6) is 0 Å². The van der Waals surface area contributed by atoms with E-state index < -0.39 is 16.1 Å². The summed E-state index contributed by atoms with van der Waals surface area (Å²) in [6.07, 6.45) is 2.64. The van der Waals surface area contributed by atoms with Crippen molar-refractivity contribution < 1.29 is 17.9 Å². The molecule has 6 nitrogen and oxygen atoms in total. The first-order valence-corrected chi connectivity index (χ1v) is 8.14. The molecule has 7 heteroatoms. The predicted molar refractivity (Wildman–Crippen MR) is 79.4 cm³/mol. The minimum absolute atomic E-state index is 0.138. The van der Waals surface area contributed by atoms with Gasteiger partial charge in [0.25, 0.3) is 5.91 Å². The monoisotopic (exact) mass is 310 g/mol. The van der Waals surface area contributed by atoms with Crippen molar-refractivity contribution in [1.82, 2.24) is 4.72 Å². The number of rotatable bonds is 6. The quantitative estimate of drug-likeness (QED) is 0.775. The number of hydrogen-bond donors (Lipinski definition) is 2. The average molecular weight is 310 g/mol. The molecule has 0 unspecified atom stereocenters. The number of sulfonamides is 1. The highest BCUT2D eigenvalue weighted by Gasteiger charge is 2.23. The average Bonchev–Trinajstić information content (AvgIpc) is 3.00. The first-order chi connectivity index (χ1) is 10.0. The molecule has 1 amide bonds. The maximum Gasteiger partial charge on any atom is 0.253 e. The number of benzene rings is 1. The standard InChI is InChI=1S/C14H18N2O4S/c1-2-9-15-21(18,19)12-7-5-11(6-8-12)16-14(17)13-4-3-10-20-13/h2,5-8,13,15H,1,3-4,9-10H2,(H,16,17)/t13-/m0/s1. The molecule has 1 heterocycles. The minimum atomic E-state index is -3.54. The maximum absolute atomic E-state index is 11.9. The molecular weight excluding hydrogens is 292 g/mol. The Morgan fingerprint density at radius 2 is 2.10 bits per heavy atom. The van der Waals surface area contributed by atoms with Crippen molar-refractivity contribution in [3.8, 4) is 0 Å². The van der Waals surface area contributed by atoms with Gasteiger partial charge in [-0.1, -0.05) is 6.08 Å². The first kappa shape index (κ1) is 15.7. The van der Waals surface area contributed by atoms with Crippen LogP contribution in [0.3, 0.4) is 0 Å². The van der Waals surface area contributed by atoms with Crippen LogP contribution in [0.25, 0.3) is 0 Å². The summed E-state index contributed by atoms with van der Waals surface area (Å²) in [7, 11) is -3.54. The van der Waals surface area contributed by atoms with Crippen LogP contribution in [0.1, 0.15) is 12.8 Å². The van der Waals surface area contributed by atoms with E-state index in [9.17, 15) is 13.2 Å². The molecule has 2 rings (SSSR count). The zero-order valence-corrected chi connectivity index (χ0v) is 12.4. The lowest BCUT2D eigenvalue weighted by atomic mass is 10.2. The number of carbonyl (C=O) groups excluding carboxylic acids is 1. The van der Waals surface area contributed by atoms with E-state index in [1.807, 2.05) is 0 Å². The first-order valence-electron chi connectivity index (χ1n) is 6.66. The lowest BCUT2D eigenvalue weighted by molar-refractivity contribution is -0.124. The van der Waals surface area contributed by atoms with Crippen LogP contribution in [0, 0.1) is 0 Å². The largest absolute Gasteiger partial charge is 0.368 e. The van der Waals surface area contributed by atoms with Gasteiger partial charge in [-0.2, -0.15) is 0 Å². The van der Waals surface area contributed by atoms with Crippen LogP contribution in [0.2, 0.25) is 0 Å². The molecule has 1 aromatic rings. The molecular formula is C14H18N2O4S. The third-order valence-electron chi connectivity index (χ3n) is 3.07. The third kappa shape index (κ3) is 4.13. The van der Waals surface area contributed by atoms with Gasteiger partial charge >= 0.3 is 0 Å². The van der Waals surface area contributed by atoms with Gasteiger partial charge in [0.1, 0.15) is 6.10 Å². The van der Waals surface area contributed by atoms with Crippen LogP contribution in [-0.2, 0) is 19.6 Å². The molecule has 1 fully saturated rings. The second-order valence-corrected chi connectivity index (χ2v) is 6.42. The van der Waals surface area contributed by atoms with Crippen molar-refractivity contribution in [2.75, 3.05) is 18.5 Å². The van der Waals surface area contributed by atoms with Gasteiger partial charge in [-0.05, 0) is 37.1 Å². The molecule has 1 saturated heterocycles. The molecule has 114 valence electrons. The smallest absolute Gasteiger partial charge is 0.253 e. The molecule has 2 N–H and O–H groups in total. The van der Waals surface area contributed by atoms with Gasteiger partial charge in [0.2, 0.25) is 10.0 Å². The molecule has 0 bridgehead atoms. The Kier molecular flexibility index (Phi) is 5.11. The van der Waals surface area contributed by atoms with Crippen molar-refractivity contribution in [1.29, 1.82) is 0 Å². The highest BCUT2D eigenvalue weighted by atomic mass is 32.2. The van der Waals surface area contributed by atoms with Gasteiger partial charge in [0.05, 0.1) is 4.90 Å². The molecule has 1 aliphatic heterocycles. The summed E-state index contributed by atoms with van der Waals surface area (Å²) < 4.78 is 31.4. The zero-order chi connectivity index (χ0) is 15.3. The maximum atomic E-state index is 11.9. The third-order valence-corrected chi connectivity index (χ3v) is 4.51. The molecule has 0 radical (unpaired) electrons. The Morgan fingerprint density at radius 1 is 1.38 bits per heavy atom. The Labute approximate surface area is 124 Å². The van der Waals surface area contributed by atoms with E-state index in [1.54, 1.807) is 12.1 Å². The number of carbonyl (C=O) groups is 1. The number of ether oxygens (including phenoxy) is 1. The second kappa shape index (κ2) is 6.84. The fourth-order valence-corrected chi connectivity index (χ4v) is 2.97. The zero-order valence-electron chi connectivity index (χ0n) is 11.5. The molecule has 0 spiro atoms. The van der Waals surface area contributed by atoms with Crippen LogP contribution in [0.15, 0.2) is 41.8 Å². The van der Waals surface area contributed by atoms with E-state index in [-0.39, 0.29) is 17.3 Å². The molecule has 1 aliphatic rings. The predicted octanol–water partition coefficient (Wildman–Crippen LogP) is 1.27. The van der Waals surface area contributed by atoms with E-state index in [4.69, 9.17) is 4.74 Å². The van der Waals surface area contributed by atoms with Crippen molar-refractivity contribution in [3.05, 3.63) is 36.9 Å². The number of nitrogens with one attached hydrogen (secondary N) is 2. The van der Waals surface area contributed by atoms with E-state index >= 15 is 0 Å². The molecule has 21 heavy (non-hydrogen) atoms. The number of hydrogen-bond acceptors (Lipinski definition) is 4. The summed E-state index contributed by atoms with van der Waals surface area (Å²) >= 11 is 0. The van der Waals surface area contributed by atoms with Crippen LogP contribution in [0.4, 0.5) is 5.69 Å². The number of anilines is 1. The summed E-state index contributed by atoms with van der Waals surface area (Å²) in [5.41, 5.74) is 0.540. The van der Waals surface area contributed by atoms with Crippen molar-refractivity contribution in [2.45, 2.75) is 23.8 Å². The number of amides is 1. The van der Waals surface area contributed by atoms with E-state index in [2.05, 4.69) is 16.6 Å². The van der Waals surface area contributed by atoms with Gasteiger partial charge in [-0.25, -0.2) is 13.1 Å². The summed E-state index contributed by atoms with van der Waals surface area (Å²) in [5, 5.41) is 2.71. The second-order valence-electron chi connectivity index (χ2n) is 4.66. The van der Waals surface area contributed by atoms with Gasteiger partial charge in [-0.3, -0.25) is 4.79 Å². The minimum Gasteiger partial charge on any atom is -0.368 e. The summed E-state index contributed by atoms with van der Waals surface area (Å²) in [6, 6.07) is 5.98. The summed E-state index contributed by atoms with van der Waals surface area (Å²) in [4.78, 5) is 12.0. The molecule has 0 aliphatic carbocycles. The van der Waals surface area contributed by atoms with Crippen LogP contribution >= 0.6 is 0 Å². The topological polar surface area (TPSA) is 84.5 Å². The molecule has 1 atom stereocenters. The van der Waals surface area contributed by atoms with Gasteiger partial charge in [0, 0.05) is 18.8 Å². The summed E-state index contributed by atoms with van der Waals surface area (Å²) in [5.74, 6) is -0.201. The lowest BCUT2D eigenvalue weighted by Gasteiger charge is -2.11. The van der Waals surface area contributed by atoms with E-state index in [0.29, 0.717) is 18.7 Å². The fourth-order valence-electron chi connectivity index (χ4n) is 1.98. The van der Waals surface area contributed by atoms with Crippen molar-refractivity contribution in [2.24, 2.45) is 0 Å². The lowest BCUT2D eigenvalue weighted by Crippen LogP contribution is -2.27. The normalized spacial score (nSPS) is 18.4. The SMILES string of the molecule is C=CCNS(=O)(=O)c1ccc(NC(=O)[C@@H]2CCCO2)cc1. The Hall–Kier alpha value is -1.70. The van der Waals surface area contributed by atoms with Gasteiger partial charge < -0.3 is 10.1 Å². The van der Waals surface area contributed by atoms with E-state index in [1.165, 1.54) is 18.2 Å².